The first kappa shape index (κ1) is 18.8. The highest BCUT2D eigenvalue weighted by Gasteiger charge is 2.31. The number of halogens is 4. The zero-order valence-corrected chi connectivity index (χ0v) is 13.3. The summed E-state index contributed by atoms with van der Waals surface area (Å²) in [5.41, 5.74) is 4.09. The van der Waals surface area contributed by atoms with E-state index in [1.54, 1.807) is 0 Å². The number of alkyl halides is 3. The minimum absolute atomic E-state index is 0.0340. The van der Waals surface area contributed by atoms with E-state index in [1.807, 2.05) is 0 Å². The summed E-state index contributed by atoms with van der Waals surface area (Å²) in [7, 11) is 0. The summed E-state index contributed by atoms with van der Waals surface area (Å²) in [6.45, 7) is 0.193. The van der Waals surface area contributed by atoms with Crippen molar-refractivity contribution in [2.45, 2.75) is 6.18 Å². The fraction of sp³-hybridized carbons (Fsp3) is 0.200. The fourth-order valence-corrected chi connectivity index (χ4v) is 2.10. The molecule has 10 heteroatoms. The molecule has 2 aromatic rings. The fourth-order valence-electron chi connectivity index (χ4n) is 1.88. The monoisotopic (exact) mass is 376 g/mol. The lowest BCUT2D eigenvalue weighted by Gasteiger charge is -2.12. The average Bonchev–Trinajstić information content (AvgIpc) is 2.53. The standard InChI is InChI=1S/C15H12ClF3N2O4/c16-11-7-9(15(17,18)19)1-4-13(11)25-10-2-3-12(21(22)23)14(8-10)24-6-5-20/h1-4,7-8H,5-6,20H2. The smallest absolute Gasteiger partial charge is 0.416 e. The Bertz CT molecular complexity index is 784. The molecule has 0 heterocycles. The third-order valence-corrected chi connectivity index (χ3v) is 3.29. The average molecular weight is 377 g/mol. The van der Waals surface area contributed by atoms with Gasteiger partial charge >= 0.3 is 11.9 Å². The maximum absolute atomic E-state index is 12.6. The molecule has 134 valence electrons. The van der Waals surface area contributed by atoms with Crippen molar-refractivity contribution in [1.82, 2.24) is 0 Å². The van der Waals surface area contributed by atoms with E-state index in [-0.39, 0.29) is 41.1 Å². The van der Waals surface area contributed by atoms with Gasteiger partial charge in [-0.25, -0.2) is 0 Å². The topological polar surface area (TPSA) is 87.6 Å². The minimum Gasteiger partial charge on any atom is -0.485 e. The number of hydrogen-bond acceptors (Lipinski definition) is 5. The van der Waals surface area contributed by atoms with Crippen LogP contribution in [0, 0.1) is 10.1 Å². The molecule has 0 unspecified atom stereocenters. The second-order valence-electron chi connectivity index (χ2n) is 4.77. The van der Waals surface area contributed by atoms with Crippen LogP contribution in [0.2, 0.25) is 5.02 Å². The van der Waals surface area contributed by atoms with Gasteiger partial charge in [0, 0.05) is 18.7 Å². The molecule has 0 aliphatic rings. The normalized spacial score (nSPS) is 11.2. The maximum atomic E-state index is 12.6. The molecule has 25 heavy (non-hydrogen) atoms. The van der Waals surface area contributed by atoms with Crippen molar-refractivity contribution in [3.8, 4) is 17.2 Å². The molecular weight excluding hydrogens is 365 g/mol. The highest BCUT2D eigenvalue weighted by Crippen LogP contribution is 2.38. The Hall–Kier alpha value is -2.52. The van der Waals surface area contributed by atoms with Gasteiger partial charge in [-0.15, -0.1) is 0 Å². The zero-order valence-electron chi connectivity index (χ0n) is 12.5. The van der Waals surface area contributed by atoms with Crippen molar-refractivity contribution >= 4 is 17.3 Å². The summed E-state index contributed by atoms with van der Waals surface area (Å²) in [5.74, 6) is 0.00330. The highest BCUT2D eigenvalue weighted by atomic mass is 35.5. The van der Waals surface area contributed by atoms with E-state index in [4.69, 9.17) is 26.8 Å². The predicted octanol–water partition coefficient (Wildman–Crippen LogP) is 4.40. The number of nitrogens with two attached hydrogens (primary N) is 1. The zero-order chi connectivity index (χ0) is 18.6. The van der Waals surface area contributed by atoms with Gasteiger partial charge in [0.15, 0.2) is 0 Å². The van der Waals surface area contributed by atoms with Crippen molar-refractivity contribution in [3.63, 3.8) is 0 Å². The van der Waals surface area contributed by atoms with Gasteiger partial charge in [-0.1, -0.05) is 11.6 Å². The first-order valence-electron chi connectivity index (χ1n) is 6.88. The maximum Gasteiger partial charge on any atom is 0.416 e. The van der Waals surface area contributed by atoms with E-state index < -0.39 is 16.7 Å². The summed E-state index contributed by atoms with van der Waals surface area (Å²) in [4.78, 5) is 10.3. The number of rotatable bonds is 6. The third-order valence-electron chi connectivity index (χ3n) is 2.99. The summed E-state index contributed by atoms with van der Waals surface area (Å²) >= 11 is 5.81. The molecule has 2 rings (SSSR count). The molecular formula is C15H12ClF3N2O4. The van der Waals surface area contributed by atoms with Gasteiger partial charge in [0.05, 0.1) is 15.5 Å². The lowest BCUT2D eigenvalue weighted by molar-refractivity contribution is -0.385. The van der Waals surface area contributed by atoms with Gasteiger partial charge in [0.25, 0.3) is 0 Å². The first-order valence-corrected chi connectivity index (χ1v) is 7.26. The molecule has 2 N–H and O–H groups in total. The summed E-state index contributed by atoms with van der Waals surface area (Å²) in [5, 5.41) is 10.7. The second-order valence-corrected chi connectivity index (χ2v) is 5.18. The molecule has 0 atom stereocenters. The molecule has 0 aromatic heterocycles. The quantitative estimate of drug-likeness (QED) is 0.596. The first-order chi connectivity index (χ1) is 11.7. The van der Waals surface area contributed by atoms with Crippen LogP contribution >= 0.6 is 11.6 Å². The number of nitro benzene ring substituents is 1. The largest absolute Gasteiger partial charge is 0.485 e. The van der Waals surface area contributed by atoms with Gasteiger partial charge in [0.1, 0.15) is 18.1 Å². The van der Waals surface area contributed by atoms with Crippen LogP contribution in [0.4, 0.5) is 18.9 Å². The summed E-state index contributed by atoms with van der Waals surface area (Å²) in [6, 6.07) is 6.28. The van der Waals surface area contributed by atoms with Gasteiger partial charge in [0.2, 0.25) is 5.75 Å². The van der Waals surface area contributed by atoms with Crippen LogP contribution in [0.3, 0.4) is 0 Å². The molecule has 2 aromatic carbocycles. The van der Waals surface area contributed by atoms with Crippen molar-refractivity contribution < 1.29 is 27.6 Å². The van der Waals surface area contributed by atoms with E-state index >= 15 is 0 Å². The molecule has 0 saturated heterocycles. The predicted molar refractivity (Wildman–Crippen MR) is 84.2 cm³/mol. The Kier molecular flexibility index (Phi) is 5.70. The van der Waals surface area contributed by atoms with E-state index in [1.165, 1.54) is 12.1 Å². The minimum atomic E-state index is -4.53. The van der Waals surface area contributed by atoms with Gasteiger partial charge in [-0.2, -0.15) is 13.2 Å². The highest BCUT2D eigenvalue weighted by molar-refractivity contribution is 6.32. The van der Waals surface area contributed by atoms with Crippen LogP contribution in [0.5, 0.6) is 17.2 Å². The van der Waals surface area contributed by atoms with E-state index in [0.29, 0.717) is 0 Å². The molecule has 0 aliphatic carbocycles. The molecule has 0 radical (unpaired) electrons. The number of nitrogens with zero attached hydrogens (tertiary/aromatic N) is 1. The van der Waals surface area contributed by atoms with E-state index in [2.05, 4.69) is 0 Å². The van der Waals surface area contributed by atoms with Crippen molar-refractivity contribution in [1.29, 1.82) is 0 Å². The SMILES string of the molecule is NCCOc1cc(Oc2ccc(C(F)(F)F)cc2Cl)ccc1[N+](=O)[O-]. The summed E-state index contributed by atoms with van der Waals surface area (Å²) < 4.78 is 48.5. The molecule has 6 nitrogen and oxygen atoms in total. The number of benzene rings is 2. The van der Waals surface area contributed by atoms with Crippen LogP contribution in [0.25, 0.3) is 0 Å². The van der Waals surface area contributed by atoms with Gasteiger partial charge < -0.3 is 15.2 Å². The molecule has 0 saturated carbocycles. The summed E-state index contributed by atoms with van der Waals surface area (Å²) in [6.07, 6.45) is -4.53. The van der Waals surface area contributed by atoms with Crippen molar-refractivity contribution in [3.05, 3.63) is 57.1 Å². The Morgan fingerprint density at radius 1 is 1.16 bits per heavy atom. The second kappa shape index (κ2) is 7.58. The Morgan fingerprint density at radius 2 is 1.88 bits per heavy atom. The van der Waals surface area contributed by atoms with Crippen LogP contribution in [-0.2, 0) is 6.18 Å². The molecule has 0 aliphatic heterocycles. The molecule has 0 amide bonds. The van der Waals surface area contributed by atoms with Crippen molar-refractivity contribution in [2.75, 3.05) is 13.2 Å². The lowest BCUT2D eigenvalue weighted by Crippen LogP contribution is -2.11. The lowest BCUT2D eigenvalue weighted by atomic mass is 10.2. The number of ether oxygens (including phenoxy) is 2. The van der Waals surface area contributed by atoms with Crippen LogP contribution in [-0.4, -0.2) is 18.1 Å². The van der Waals surface area contributed by atoms with E-state index in [0.717, 1.165) is 24.3 Å². The van der Waals surface area contributed by atoms with Gasteiger partial charge in [-0.3, -0.25) is 10.1 Å². The van der Waals surface area contributed by atoms with Crippen LogP contribution < -0.4 is 15.2 Å². The van der Waals surface area contributed by atoms with Crippen LogP contribution in [0.15, 0.2) is 36.4 Å². The number of hydrogen-bond donors (Lipinski definition) is 1. The molecule has 0 bridgehead atoms. The molecule has 0 fully saturated rings. The van der Waals surface area contributed by atoms with Crippen LogP contribution in [0.1, 0.15) is 5.56 Å². The third kappa shape index (κ3) is 4.74. The molecule has 0 spiro atoms. The Morgan fingerprint density at radius 3 is 2.44 bits per heavy atom. The number of nitro groups is 1. The van der Waals surface area contributed by atoms with Gasteiger partial charge in [-0.05, 0) is 24.3 Å². The Labute approximate surface area is 145 Å². The van der Waals surface area contributed by atoms with Crippen molar-refractivity contribution in [2.24, 2.45) is 5.73 Å². The van der Waals surface area contributed by atoms with E-state index in [9.17, 15) is 23.3 Å². The Balaban J connectivity index is 2.29.